The molecule has 0 aromatic heterocycles. The van der Waals surface area contributed by atoms with Gasteiger partial charge in [-0.05, 0) is 31.9 Å². The molecule has 1 fully saturated rings. The first-order valence-electron chi connectivity index (χ1n) is 6.79. The van der Waals surface area contributed by atoms with Gasteiger partial charge < -0.3 is 4.74 Å². The lowest BCUT2D eigenvalue weighted by Gasteiger charge is -2.20. The summed E-state index contributed by atoms with van der Waals surface area (Å²) >= 11 is 12.3. The van der Waals surface area contributed by atoms with Gasteiger partial charge in [0.05, 0.1) is 16.7 Å². The molecule has 0 heterocycles. The molecule has 0 radical (unpaired) electrons. The number of carbonyl (C=O) groups excluding carboxylic acids is 1. The van der Waals surface area contributed by atoms with Gasteiger partial charge in [-0.1, -0.05) is 42.5 Å². The van der Waals surface area contributed by atoms with Crippen molar-refractivity contribution in [3.8, 4) is 5.75 Å². The summed E-state index contributed by atoms with van der Waals surface area (Å²) in [6.07, 6.45) is 5.45. The first-order valence-corrected chi connectivity index (χ1v) is 7.55. The lowest BCUT2D eigenvalue weighted by atomic mass is 9.84. The van der Waals surface area contributed by atoms with Crippen LogP contribution in [0.2, 0.25) is 10.0 Å². The number of ketones is 1. The van der Waals surface area contributed by atoms with Gasteiger partial charge in [0.15, 0.2) is 11.5 Å². The third-order valence-corrected chi connectivity index (χ3v) is 4.11. The molecule has 0 bridgehead atoms. The fourth-order valence-corrected chi connectivity index (χ4v) is 3.18. The van der Waals surface area contributed by atoms with Crippen molar-refractivity contribution in [2.24, 2.45) is 5.92 Å². The highest BCUT2D eigenvalue weighted by Crippen LogP contribution is 2.36. The zero-order chi connectivity index (χ0) is 13.8. The summed E-state index contributed by atoms with van der Waals surface area (Å²) < 4.78 is 5.37. The molecule has 0 N–H and O–H groups in total. The van der Waals surface area contributed by atoms with E-state index >= 15 is 0 Å². The molecule has 0 atom stereocenters. The third-order valence-electron chi connectivity index (χ3n) is 3.55. The molecule has 4 heteroatoms. The number of rotatable bonds is 4. The topological polar surface area (TPSA) is 26.3 Å². The average molecular weight is 301 g/mol. The van der Waals surface area contributed by atoms with Crippen molar-refractivity contribution in [3.63, 3.8) is 0 Å². The predicted molar refractivity (Wildman–Crippen MR) is 78.5 cm³/mol. The molecule has 0 saturated heterocycles. The van der Waals surface area contributed by atoms with E-state index in [1.165, 1.54) is 6.42 Å². The molecule has 1 saturated carbocycles. The van der Waals surface area contributed by atoms with Gasteiger partial charge in [0.25, 0.3) is 0 Å². The standard InChI is InChI=1S/C15H18Cl2O2/c1-2-19-15-12(16)8-11(9-13(15)17)14(18)10-6-4-3-5-7-10/h8-10H,2-7H2,1H3. The molecule has 0 unspecified atom stereocenters. The summed E-state index contributed by atoms with van der Waals surface area (Å²) in [5.74, 6) is 0.747. The smallest absolute Gasteiger partial charge is 0.166 e. The van der Waals surface area contributed by atoms with Crippen LogP contribution in [-0.2, 0) is 0 Å². The normalized spacial score (nSPS) is 16.4. The molecule has 1 aliphatic carbocycles. The Morgan fingerprint density at radius 1 is 1.21 bits per heavy atom. The average Bonchev–Trinajstić information content (AvgIpc) is 2.43. The van der Waals surface area contributed by atoms with Crippen LogP contribution in [-0.4, -0.2) is 12.4 Å². The summed E-state index contributed by atoms with van der Waals surface area (Å²) in [6.45, 7) is 2.36. The molecule has 104 valence electrons. The van der Waals surface area contributed by atoms with Crippen LogP contribution in [0.25, 0.3) is 0 Å². The van der Waals surface area contributed by atoms with Crippen molar-refractivity contribution in [2.75, 3.05) is 6.61 Å². The van der Waals surface area contributed by atoms with E-state index in [1.54, 1.807) is 12.1 Å². The SMILES string of the molecule is CCOc1c(Cl)cc(C(=O)C2CCCCC2)cc1Cl. The maximum atomic E-state index is 12.4. The number of carbonyl (C=O) groups is 1. The number of ether oxygens (including phenoxy) is 1. The van der Waals surface area contributed by atoms with Gasteiger partial charge in [0, 0.05) is 11.5 Å². The van der Waals surface area contributed by atoms with Crippen LogP contribution >= 0.6 is 23.2 Å². The molecule has 1 aliphatic rings. The van der Waals surface area contributed by atoms with Gasteiger partial charge in [-0.15, -0.1) is 0 Å². The first kappa shape index (κ1) is 14.7. The van der Waals surface area contributed by atoms with Gasteiger partial charge in [-0.2, -0.15) is 0 Å². The molecule has 0 amide bonds. The Bertz CT molecular complexity index is 442. The van der Waals surface area contributed by atoms with Gasteiger partial charge >= 0.3 is 0 Å². The molecule has 2 nitrogen and oxygen atoms in total. The van der Waals surface area contributed by atoms with Crippen LogP contribution in [0.5, 0.6) is 5.75 Å². The predicted octanol–water partition coefficient (Wildman–Crippen LogP) is 5.16. The molecular formula is C15H18Cl2O2. The number of benzene rings is 1. The van der Waals surface area contributed by atoms with E-state index in [2.05, 4.69) is 0 Å². The molecule has 0 aliphatic heterocycles. The van der Waals surface area contributed by atoms with E-state index in [1.807, 2.05) is 6.92 Å². The zero-order valence-corrected chi connectivity index (χ0v) is 12.6. The minimum atomic E-state index is 0.124. The molecular weight excluding hydrogens is 283 g/mol. The second-order valence-electron chi connectivity index (χ2n) is 4.90. The lowest BCUT2D eigenvalue weighted by Crippen LogP contribution is -2.18. The van der Waals surface area contributed by atoms with Crippen molar-refractivity contribution in [1.29, 1.82) is 0 Å². The van der Waals surface area contributed by atoms with Crippen molar-refractivity contribution < 1.29 is 9.53 Å². The summed E-state index contributed by atoms with van der Waals surface area (Å²) in [5, 5.41) is 0.821. The van der Waals surface area contributed by atoms with Crippen LogP contribution in [0.15, 0.2) is 12.1 Å². The maximum Gasteiger partial charge on any atom is 0.166 e. The molecule has 2 rings (SSSR count). The third kappa shape index (κ3) is 3.43. The van der Waals surface area contributed by atoms with Crippen molar-refractivity contribution in [3.05, 3.63) is 27.7 Å². The van der Waals surface area contributed by atoms with Gasteiger partial charge in [0.2, 0.25) is 0 Å². The Morgan fingerprint density at radius 2 is 1.79 bits per heavy atom. The second-order valence-corrected chi connectivity index (χ2v) is 5.72. The first-order chi connectivity index (χ1) is 9.13. The van der Waals surface area contributed by atoms with E-state index in [0.29, 0.717) is 28.0 Å². The summed E-state index contributed by atoms with van der Waals surface area (Å²) in [5.41, 5.74) is 0.602. The largest absolute Gasteiger partial charge is 0.491 e. The molecule has 1 aromatic carbocycles. The van der Waals surface area contributed by atoms with Gasteiger partial charge in [-0.25, -0.2) is 0 Å². The van der Waals surface area contributed by atoms with E-state index in [-0.39, 0.29) is 11.7 Å². The Labute approximate surface area is 124 Å². The van der Waals surface area contributed by atoms with Crippen LogP contribution in [0, 0.1) is 5.92 Å². The minimum absolute atomic E-state index is 0.124. The maximum absolute atomic E-state index is 12.4. The van der Waals surface area contributed by atoms with Crippen molar-refractivity contribution >= 4 is 29.0 Å². The van der Waals surface area contributed by atoms with Gasteiger partial charge in [0.1, 0.15) is 0 Å². The number of hydrogen-bond donors (Lipinski definition) is 0. The number of Topliss-reactive ketones (excluding diaryl/α,β-unsaturated/α-hetero) is 1. The Balaban J connectivity index is 2.22. The van der Waals surface area contributed by atoms with E-state index < -0.39 is 0 Å². The van der Waals surface area contributed by atoms with Crippen LogP contribution < -0.4 is 4.74 Å². The lowest BCUT2D eigenvalue weighted by molar-refractivity contribution is 0.0889. The summed E-state index contributed by atoms with van der Waals surface area (Å²) in [7, 11) is 0. The Morgan fingerprint density at radius 3 is 2.32 bits per heavy atom. The van der Waals surface area contributed by atoms with Crippen LogP contribution in [0.4, 0.5) is 0 Å². The van der Waals surface area contributed by atoms with E-state index in [4.69, 9.17) is 27.9 Å². The number of hydrogen-bond acceptors (Lipinski definition) is 2. The molecule has 1 aromatic rings. The minimum Gasteiger partial charge on any atom is -0.491 e. The van der Waals surface area contributed by atoms with E-state index in [9.17, 15) is 4.79 Å². The molecule has 19 heavy (non-hydrogen) atoms. The van der Waals surface area contributed by atoms with Crippen LogP contribution in [0.1, 0.15) is 49.4 Å². The highest BCUT2D eigenvalue weighted by atomic mass is 35.5. The fraction of sp³-hybridized carbons (Fsp3) is 0.533. The quantitative estimate of drug-likeness (QED) is 0.718. The summed E-state index contributed by atoms with van der Waals surface area (Å²) in [6, 6.07) is 3.35. The van der Waals surface area contributed by atoms with Crippen LogP contribution in [0.3, 0.4) is 0 Å². The zero-order valence-electron chi connectivity index (χ0n) is 11.0. The highest BCUT2D eigenvalue weighted by molar-refractivity contribution is 6.37. The highest BCUT2D eigenvalue weighted by Gasteiger charge is 2.23. The Kier molecular flexibility index (Phi) is 5.12. The molecule has 0 spiro atoms. The Hall–Kier alpha value is -0.730. The fourth-order valence-electron chi connectivity index (χ4n) is 2.58. The van der Waals surface area contributed by atoms with Gasteiger partial charge in [-0.3, -0.25) is 4.79 Å². The number of halogens is 2. The van der Waals surface area contributed by atoms with Crippen molar-refractivity contribution in [2.45, 2.75) is 39.0 Å². The monoisotopic (exact) mass is 300 g/mol. The summed E-state index contributed by atoms with van der Waals surface area (Å²) in [4.78, 5) is 12.4. The van der Waals surface area contributed by atoms with E-state index in [0.717, 1.165) is 25.7 Å². The van der Waals surface area contributed by atoms with Crippen molar-refractivity contribution in [1.82, 2.24) is 0 Å². The second kappa shape index (κ2) is 6.62.